The molecule has 2 N–H and O–H groups in total. The number of carbonyl (C=O) groups is 1. The van der Waals surface area contributed by atoms with Gasteiger partial charge in [-0.1, -0.05) is 35.5 Å². The molecule has 0 aliphatic carbocycles. The molecule has 2 heterocycles. The maximum absolute atomic E-state index is 12.0. The average molecular weight is 409 g/mol. The van der Waals surface area contributed by atoms with E-state index in [-0.39, 0.29) is 30.8 Å². The van der Waals surface area contributed by atoms with Gasteiger partial charge in [-0.25, -0.2) is 4.68 Å². The van der Waals surface area contributed by atoms with Crippen LogP contribution in [0.1, 0.15) is 34.9 Å². The van der Waals surface area contributed by atoms with E-state index in [0.717, 1.165) is 43.6 Å². The van der Waals surface area contributed by atoms with Crippen molar-refractivity contribution < 1.29 is 14.6 Å². The minimum atomic E-state index is -0.312. The number of hydrogen-bond acceptors (Lipinski definition) is 6. The monoisotopic (exact) mass is 409 g/mol. The Bertz CT molecular complexity index is 1020. The Morgan fingerprint density at radius 3 is 2.90 bits per heavy atom. The fourth-order valence-electron chi connectivity index (χ4n) is 4.10. The van der Waals surface area contributed by atoms with Crippen LogP contribution in [0.25, 0.3) is 10.8 Å². The molecule has 3 aromatic rings. The first-order valence-electron chi connectivity index (χ1n) is 10.3. The molecule has 1 atom stereocenters. The minimum absolute atomic E-state index is 0.0997. The number of hydrogen-bond donors (Lipinski definition) is 2. The van der Waals surface area contributed by atoms with Crippen molar-refractivity contribution in [2.75, 3.05) is 33.4 Å². The lowest BCUT2D eigenvalue weighted by molar-refractivity contribution is 0.0939. The summed E-state index contributed by atoms with van der Waals surface area (Å²) in [6.45, 7) is 2.83. The summed E-state index contributed by atoms with van der Waals surface area (Å²) >= 11 is 0. The standard InChI is InChI=1S/C22H27N5O3/c1-30-21-9-8-16(18-6-2-3-7-19(18)21)13-26-11-4-5-17(14-26)27-15-20(24-25-27)22(29)23-10-12-28/h2-3,6-9,15,17,28H,4-5,10-14H2,1H3,(H,23,29)/t17-/m1/s1. The predicted octanol–water partition coefficient (Wildman–Crippen LogP) is 2.00. The van der Waals surface area contributed by atoms with E-state index in [1.807, 2.05) is 12.1 Å². The quantitative estimate of drug-likeness (QED) is 0.620. The zero-order valence-electron chi connectivity index (χ0n) is 17.1. The lowest BCUT2D eigenvalue weighted by atomic mass is 10.0. The number of aliphatic hydroxyl groups excluding tert-OH is 1. The van der Waals surface area contributed by atoms with Gasteiger partial charge in [-0.05, 0) is 36.4 Å². The van der Waals surface area contributed by atoms with Crippen LogP contribution in [0.2, 0.25) is 0 Å². The number of methoxy groups -OCH3 is 1. The number of benzene rings is 2. The fourth-order valence-corrected chi connectivity index (χ4v) is 4.10. The predicted molar refractivity (Wildman–Crippen MR) is 113 cm³/mol. The highest BCUT2D eigenvalue weighted by atomic mass is 16.5. The molecule has 0 unspecified atom stereocenters. The lowest BCUT2D eigenvalue weighted by Gasteiger charge is -2.32. The van der Waals surface area contributed by atoms with E-state index in [1.54, 1.807) is 18.0 Å². The van der Waals surface area contributed by atoms with Crippen molar-refractivity contribution in [3.05, 3.63) is 53.9 Å². The van der Waals surface area contributed by atoms with Crippen LogP contribution < -0.4 is 10.1 Å². The Kier molecular flexibility index (Phi) is 6.25. The molecule has 1 aliphatic rings. The normalized spacial score (nSPS) is 17.2. The molecule has 158 valence electrons. The molecule has 0 saturated carbocycles. The molecule has 1 saturated heterocycles. The van der Waals surface area contributed by atoms with Crippen LogP contribution in [0, 0.1) is 0 Å². The summed E-state index contributed by atoms with van der Waals surface area (Å²) in [6.07, 6.45) is 3.76. The molecule has 0 spiro atoms. The molecule has 1 aliphatic heterocycles. The van der Waals surface area contributed by atoms with Gasteiger partial charge in [-0.3, -0.25) is 9.69 Å². The Labute approximate surface area is 175 Å². The van der Waals surface area contributed by atoms with E-state index in [1.165, 1.54) is 10.9 Å². The second-order valence-electron chi connectivity index (χ2n) is 7.57. The second-order valence-corrected chi connectivity index (χ2v) is 7.57. The number of nitrogens with zero attached hydrogens (tertiary/aromatic N) is 4. The molecule has 1 aromatic heterocycles. The maximum Gasteiger partial charge on any atom is 0.273 e. The van der Waals surface area contributed by atoms with Crippen molar-refractivity contribution in [1.82, 2.24) is 25.2 Å². The minimum Gasteiger partial charge on any atom is -0.496 e. The fraction of sp³-hybridized carbons (Fsp3) is 0.409. The van der Waals surface area contributed by atoms with Gasteiger partial charge in [0, 0.05) is 25.0 Å². The summed E-state index contributed by atoms with van der Waals surface area (Å²) in [5, 5.41) is 22.0. The number of rotatable bonds is 7. The van der Waals surface area contributed by atoms with Gasteiger partial charge in [0.05, 0.1) is 26.0 Å². The Morgan fingerprint density at radius 1 is 1.27 bits per heavy atom. The van der Waals surface area contributed by atoms with Crippen molar-refractivity contribution >= 4 is 16.7 Å². The number of amides is 1. The molecule has 2 aromatic carbocycles. The third kappa shape index (κ3) is 4.29. The van der Waals surface area contributed by atoms with E-state index < -0.39 is 0 Å². The molecule has 30 heavy (non-hydrogen) atoms. The molecule has 0 radical (unpaired) electrons. The zero-order valence-corrected chi connectivity index (χ0v) is 17.1. The second kappa shape index (κ2) is 9.23. The zero-order chi connectivity index (χ0) is 20.9. The summed E-state index contributed by atoms with van der Waals surface area (Å²) in [7, 11) is 1.70. The smallest absolute Gasteiger partial charge is 0.273 e. The third-order valence-electron chi connectivity index (χ3n) is 5.58. The number of piperidine rings is 1. The number of ether oxygens (including phenoxy) is 1. The first-order chi connectivity index (χ1) is 14.7. The highest BCUT2D eigenvalue weighted by molar-refractivity contribution is 5.92. The number of aromatic nitrogens is 3. The van der Waals surface area contributed by atoms with Crippen molar-refractivity contribution in [3.8, 4) is 5.75 Å². The molecule has 0 bridgehead atoms. The van der Waals surface area contributed by atoms with E-state index in [4.69, 9.17) is 9.84 Å². The van der Waals surface area contributed by atoms with Crippen molar-refractivity contribution in [3.63, 3.8) is 0 Å². The molecule has 8 heteroatoms. The molecule has 1 fully saturated rings. The first-order valence-corrected chi connectivity index (χ1v) is 10.3. The number of nitrogens with one attached hydrogen (secondary N) is 1. The van der Waals surface area contributed by atoms with E-state index >= 15 is 0 Å². The van der Waals surface area contributed by atoms with Gasteiger partial charge < -0.3 is 15.2 Å². The summed E-state index contributed by atoms with van der Waals surface area (Å²) in [6, 6.07) is 12.7. The van der Waals surface area contributed by atoms with Crippen molar-refractivity contribution in [1.29, 1.82) is 0 Å². The van der Waals surface area contributed by atoms with Gasteiger partial charge in [0.2, 0.25) is 0 Å². The third-order valence-corrected chi connectivity index (χ3v) is 5.58. The van der Waals surface area contributed by atoms with Crippen molar-refractivity contribution in [2.45, 2.75) is 25.4 Å². The summed E-state index contributed by atoms with van der Waals surface area (Å²) in [5.74, 6) is 0.577. The maximum atomic E-state index is 12.0. The van der Waals surface area contributed by atoms with Gasteiger partial charge in [0.25, 0.3) is 5.91 Å². The summed E-state index contributed by atoms with van der Waals surface area (Å²) < 4.78 is 7.31. The van der Waals surface area contributed by atoms with Crippen molar-refractivity contribution in [2.24, 2.45) is 0 Å². The molecular formula is C22H27N5O3. The molecule has 4 rings (SSSR count). The molecule has 8 nitrogen and oxygen atoms in total. The SMILES string of the molecule is COc1ccc(CN2CCC[C@@H](n3cc(C(=O)NCCO)nn3)C2)c2ccccc12. The first kappa shape index (κ1) is 20.3. The molecular weight excluding hydrogens is 382 g/mol. The Hall–Kier alpha value is -2.97. The highest BCUT2D eigenvalue weighted by Gasteiger charge is 2.24. The van der Waals surface area contributed by atoms with E-state index in [2.05, 4.69) is 44.8 Å². The van der Waals surface area contributed by atoms with E-state index in [9.17, 15) is 4.79 Å². The largest absolute Gasteiger partial charge is 0.496 e. The average Bonchev–Trinajstić information content (AvgIpc) is 3.28. The summed E-state index contributed by atoms with van der Waals surface area (Å²) in [4.78, 5) is 14.4. The van der Waals surface area contributed by atoms with Gasteiger partial charge >= 0.3 is 0 Å². The van der Waals surface area contributed by atoms with Gasteiger partial charge in [-0.2, -0.15) is 0 Å². The van der Waals surface area contributed by atoms with Crippen LogP contribution in [0.4, 0.5) is 0 Å². The number of carbonyl (C=O) groups excluding carboxylic acids is 1. The van der Waals surface area contributed by atoms with E-state index in [0.29, 0.717) is 0 Å². The molecule has 1 amide bonds. The number of fused-ring (bicyclic) bond motifs is 1. The highest BCUT2D eigenvalue weighted by Crippen LogP contribution is 2.30. The number of likely N-dealkylation sites (tertiary alicyclic amines) is 1. The van der Waals surface area contributed by atoms with Crippen LogP contribution >= 0.6 is 0 Å². The summed E-state index contributed by atoms with van der Waals surface area (Å²) in [5.41, 5.74) is 1.55. The van der Waals surface area contributed by atoms with Crippen LogP contribution in [0.5, 0.6) is 5.75 Å². The van der Waals surface area contributed by atoms with Gasteiger partial charge in [0.1, 0.15) is 5.75 Å². The van der Waals surface area contributed by atoms with Crippen LogP contribution in [-0.2, 0) is 6.54 Å². The Morgan fingerprint density at radius 2 is 2.10 bits per heavy atom. The number of aliphatic hydroxyl groups is 1. The van der Waals surface area contributed by atoms with Gasteiger partial charge in [0.15, 0.2) is 5.69 Å². The lowest BCUT2D eigenvalue weighted by Crippen LogP contribution is -2.36. The van der Waals surface area contributed by atoms with Gasteiger partial charge in [-0.15, -0.1) is 5.10 Å². The van der Waals surface area contributed by atoms with Crippen LogP contribution in [0.15, 0.2) is 42.6 Å². The van der Waals surface area contributed by atoms with Crippen LogP contribution in [0.3, 0.4) is 0 Å². The van der Waals surface area contributed by atoms with Crippen LogP contribution in [-0.4, -0.2) is 64.3 Å². The topological polar surface area (TPSA) is 92.5 Å². The Balaban J connectivity index is 1.47.